The summed E-state index contributed by atoms with van der Waals surface area (Å²) in [5, 5.41) is 0. The molecule has 0 atom stereocenters. The quantitative estimate of drug-likeness (QED) is 0.777. The number of hydrogen-bond donors (Lipinski definition) is 0. The molecule has 5 nitrogen and oxygen atoms in total. The van der Waals surface area contributed by atoms with Crippen LogP contribution in [0.1, 0.15) is 5.69 Å². The Kier molecular flexibility index (Phi) is 3.61. The van der Waals surface area contributed by atoms with Gasteiger partial charge in [-0.25, -0.2) is 9.97 Å². The van der Waals surface area contributed by atoms with Crippen LogP contribution >= 0.6 is 11.8 Å². The third-order valence-electron chi connectivity index (χ3n) is 2.20. The van der Waals surface area contributed by atoms with Gasteiger partial charge >= 0.3 is 6.01 Å². The maximum absolute atomic E-state index is 11.6. The van der Waals surface area contributed by atoms with Crippen LogP contribution in [0.3, 0.4) is 0 Å². The molecule has 1 saturated heterocycles. The van der Waals surface area contributed by atoms with E-state index in [1.54, 1.807) is 28.9 Å². The number of carbonyl (C=O) groups excluding carboxylic acids is 1. The lowest BCUT2D eigenvalue weighted by atomic mass is 10.5. The van der Waals surface area contributed by atoms with Crippen molar-refractivity contribution in [1.82, 2.24) is 14.9 Å². The second-order valence-corrected chi connectivity index (χ2v) is 4.54. The molecule has 1 aromatic rings. The van der Waals surface area contributed by atoms with Gasteiger partial charge in [-0.15, -0.1) is 11.8 Å². The smallest absolute Gasteiger partial charge is 0.317 e. The molecular formula is C10H13N3O2S. The Morgan fingerprint density at radius 3 is 3.25 bits per heavy atom. The van der Waals surface area contributed by atoms with Gasteiger partial charge in [0.05, 0.1) is 5.88 Å². The molecule has 0 spiro atoms. The van der Waals surface area contributed by atoms with Crippen molar-refractivity contribution in [1.29, 1.82) is 0 Å². The highest BCUT2D eigenvalue weighted by molar-refractivity contribution is 7.99. The fourth-order valence-electron chi connectivity index (χ4n) is 1.32. The van der Waals surface area contributed by atoms with Gasteiger partial charge in [0, 0.05) is 24.2 Å². The third kappa shape index (κ3) is 2.85. The number of amides is 1. The van der Waals surface area contributed by atoms with Crippen LogP contribution < -0.4 is 4.74 Å². The SMILES string of the molecule is Cc1ccnc(OCC(=O)N2CCSC2)n1. The van der Waals surface area contributed by atoms with E-state index in [1.807, 2.05) is 6.92 Å². The van der Waals surface area contributed by atoms with Gasteiger partial charge in [0.2, 0.25) is 0 Å². The van der Waals surface area contributed by atoms with Crippen LogP contribution in [0, 0.1) is 6.92 Å². The monoisotopic (exact) mass is 239 g/mol. The van der Waals surface area contributed by atoms with Crippen molar-refractivity contribution in [2.24, 2.45) is 0 Å². The molecule has 0 N–H and O–H groups in total. The van der Waals surface area contributed by atoms with E-state index in [9.17, 15) is 4.79 Å². The topological polar surface area (TPSA) is 55.3 Å². The minimum absolute atomic E-state index is 0.00453. The van der Waals surface area contributed by atoms with Gasteiger partial charge < -0.3 is 9.64 Å². The largest absolute Gasteiger partial charge is 0.453 e. The Bertz CT molecular complexity index is 380. The summed E-state index contributed by atoms with van der Waals surface area (Å²) in [6, 6.07) is 2.05. The minimum Gasteiger partial charge on any atom is -0.453 e. The highest BCUT2D eigenvalue weighted by Crippen LogP contribution is 2.13. The van der Waals surface area contributed by atoms with Crippen LogP contribution in [0.15, 0.2) is 12.3 Å². The van der Waals surface area contributed by atoms with E-state index < -0.39 is 0 Å². The molecule has 2 rings (SSSR count). The molecule has 0 radical (unpaired) electrons. The lowest BCUT2D eigenvalue weighted by molar-refractivity contribution is -0.132. The van der Waals surface area contributed by atoms with Crippen molar-refractivity contribution >= 4 is 17.7 Å². The summed E-state index contributed by atoms with van der Waals surface area (Å²) < 4.78 is 5.24. The molecule has 1 amide bonds. The average Bonchev–Trinajstić information content (AvgIpc) is 2.79. The summed E-state index contributed by atoms with van der Waals surface area (Å²) in [6.45, 7) is 2.68. The molecule has 1 aromatic heterocycles. The Morgan fingerprint density at radius 2 is 2.56 bits per heavy atom. The van der Waals surface area contributed by atoms with Crippen molar-refractivity contribution < 1.29 is 9.53 Å². The van der Waals surface area contributed by atoms with E-state index in [0.29, 0.717) is 0 Å². The second-order valence-electron chi connectivity index (χ2n) is 3.46. The van der Waals surface area contributed by atoms with Crippen LogP contribution in [0.2, 0.25) is 0 Å². The Morgan fingerprint density at radius 1 is 1.69 bits per heavy atom. The Balaban J connectivity index is 1.84. The third-order valence-corrected chi connectivity index (χ3v) is 3.17. The zero-order valence-electron chi connectivity index (χ0n) is 9.05. The molecule has 1 aliphatic rings. The average molecular weight is 239 g/mol. The zero-order valence-corrected chi connectivity index (χ0v) is 9.87. The summed E-state index contributed by atoms with van der Waals surface area (Å²) in [7, 11) is 0. The van der Waals surface area contributed by atoms with Gasteiger partial charge in [0.1, 0.15) is 0 Å². The van der Waals surface area contributed by atoms with Gasteiger partial charge in [-0.05, 0) is 13.0 Å². The summed E-state index contributed by atoms with van der Waals surface area (Å²) in [6.07, 6.45) is 1.62. The predicted molar refractivity (Wildman–Crippen MR) is 61.3 cm³/mol. The first kappa shape index (κ1) is 11.2. The summed E-state index contributed by atoms with van der Waals surface area (Å²) in [5.74, 6) is 1.76. The van der Waals surface area contributed by atoms with Gasteiger partial charge in [0.15, 0.2) is 6.61 Å². The fourth-order valence-corrected chi connectivity index (χ4v) is 2.30. The molecule has 0 aliphatic carbocycles. The molecule has 2 heterocycles. The summed E-state index contributed by atoms with van der Waals surface area (Å²) in [4.78, 5) is 21.4. The molecule has 0 saturated carbocycles. The molecule has 86 valence electrons. The van der Waals surface area contributed by atoms with Crippen molar-refractivity contribution in [2.75, 3.05) is 24.8 Å². The van der Waals surface area contributed by atoms with E-state index in [2.05, 4.69) is 9.97 Å². The number of rotatable bonds is 3. The van der Waals surface area contributed by atoms with Crippen LogP contribution in [0.25, 0.3) is 0 Å². The van der Waals surface area contributed by atoms with Crippen molar-refractivity contribution in [3.8, 4) is 6.01 Å². The second kappa shape index (κ2) is 5.16. The van der Waals surface area contributed by atoms with Crippen LogP contribution in [-0.2, 0) is 4.79 Å². The number of thioether (sulfide) groups is 1. The Hall–Kier alpha value is -1.30. The van der Waals surface area contributed by atoms with Crippen LogP contribution in [0.4, 0.5) is 0 Å². The highest BCUT2D eigenvalue weighted by Gasteiger charge is 2.18. The number of hydrogen-bond acceptors (Lipinski definition) is 5. The first-order valence-electron chi connectivity index (χ1n) is 5.03. The molecular weight excluding hydrogens is 226 g/mol. The zero-order chi connectivity index (χ0) is 11.4. The first-order valence-corrected chi connectivity index (χ1v) is 6.19. The Labute approximate surface area is 98.2 Å². The maximum Gasteiger partial charge on any atom is 0.317 e. The summed E-state index contributed by atoms with van der Waals surface area (Å²) >= 11 is 1.75. The van der Waals surface area contributed by atoms with Gasteiger partial charge in [-0.2, -0.15) is 0 Å². The van der Waals surface area contributed by atoms with E-state index in [-0.39, 0.29) is 18.5 Å². The van der Waals surface area contributed by atoms with E-state index in [4.69, 9.17) is 4.74 Å². The summed E-state index contributed by atoms with van der Waals surface area (Å²) in [5.41, 5.74) is 0.828. The van der Waals surface area contributed by atoms with E-state index >= 15 is 0 Å². The lowest BCUT2D eigenvalue weighted by Gasteiger charge is -2.13. The minimum atomic E-state index is -0.00453. The van der Waals surface area contributed by atoms with Crippen molar-refractivity contribution in [2.45, 2.75) is 6.92 Å². The van der Waals surface area contributed by atoms with E-state index in [1.165, 1.54) is 0 Å². The number of carbonyl (C=O) groups is 1. The molecule has 1 aliphatic heterocycles. The number of aromatic nitrogens is 2. The van der Waals surface area contributed by atoms with Gasteiger partial charge in [-0.3, -0.25) is 4.79 Å². The van der Waals surface area contributed by atoms with Crippen LogP contribution in [0.5, 0.6) is 6.01 Å². The number of nitrogens with zero attached hydrogens (tertiary/aromatic N) is 3. The fraction of sp³-hybridized carbons (Fsp3) is 0.500. The van der Waals surface area contributed by atoms with Gasteiger partial charge in [0.25, 0.3) is 5.91 Å². The normalized spacial score (nSPS) is 15.2. The van der Waals surface area contributed by atoms with E-state index in [0.717, 1.165) is 23.9 Å². The van der Waals surface area contributed by atoms with Crippen molar-refractivity contribution in [3.63, 3.8) is 0 Å². The molecule has 6 heteroatoms. The number of ether oxygens (including phenoxy) is 1. The first-order chi connectivity index (χ1) is 7.75. The highest BCUT2D eigenvalue weighted by atomic mass is 32.2. The predicted octanol–water partition coefficient (Wildman–Crippen LogP) is 0.697. The van der Waals surface area contributed by atoms with Crippen molar-refractivity contribution in [3.05, 3.63) is 18.0 Å². The molecule has 1 fully saturated rings. The standard InChI is InChI=1S/C10H13N3O2S/c1-8-2-3-11-10(12-8)15-6-9(14)13-4-5-16-7-13/h2-3H,4-7H2,1H3. The molecule has 0 aromatic carbocycles. The van der Waals surface area contributed by atoms with Crippen LogP contribution in [-0.4, -0.2) is 45.6 Å². The van der Waals surface area contributed by atoms with Gasteiger partial charge in [-0.1, -0.05) is 0 Å². The molecule has 0 bridgehead atoms. The molecule has 0 unspecified atom stereocenters. The lowest BCUT2D eigenvalue weighted by Crippen LogP contribution is -2.32. The molecule has 16 heavy (non-hydrogen) atoms. The maximum atomic E-state index is 11.6. The number of aryl methyl sites for hydroxylation is 1.